The molecule has 2 fully saturated rings. The second kappa shape index (κ2) is 8.53. The van der Waals surface area contributed by atoms with Gasteiger partial charge >= 0.3 is 0 Å². The number of carbonyl (C=O) groups excluding carboxylic acids is 1. The quantitative estimate of drug-likeness (QED) is 0.810. The van der Waals surface area contributed by atoms with E-state index < -0.39 is 0 Å². The molecule has 0 bridgehead atoms. The van der Waals surface area contributed by atoms with Gasteiger partial charge in [0.15, 0.2) is 0 Å². The third-order valence-electron chi connectivity index (χ3n) is 6.15. The van der Waals surface area contributed by atoms with E-state index in [1.165, 1.54) is 5.56 Å². The fraction of sp³-hybridized carbons (Fsp3) is 0.682. The highest BCUT2D eigenvalue weighted by molar-refractivity contribution is 5.77. The van der Waals surface area contributed by atoms with Gasteiger partial charge in [0.2, 0.25) is 5.91 Å². The lowest BCUT2D eigenvalue weighted by atomic mass is 9.69. The number of rotatable bonds is 5. The maximum Gasteiger partial charge on any atom is 0.223 e. The number of benzene rings is 1. The largest absolute Gasteiger partial charge is 0.378 e. The van der Waals surface area contributed by atoms with E-state index in [0.717, 1.165) is 52.0 Å². The minimum absolute atomic E-state index is 0.0228. The summed E-state index contributed by atoms with van der Waals surface area (Å²) >= 11 is 0. The Kier molecular flexibility index (Phi) is 6.36. The van der Waals surface area contributed by atoms with Gasteiger partial charge in [-0.15, -0.1) is 0 Å². The smallest absolute Gasteiger partial charge is 0.223 e. The zero-order valence-electron chi connectivity index (χ0n) is 16.6. The fourth-order valence-corrected chi connectivity index (χ4v) is 4.34. The van der Waals surface area contributed by atoms with Crippen LogP contribution in [0, 0.1) is 11.3 Å². The van der Waals surface area contributed by atoms with E-state index in [2.05, 4.69) is 61.0 Å². The van der Waals surface area contributed by atoms with Gasteiger partial charge in [-0.05, 0) is 43.2 Å². The van der Waals surface area contributed by atoms with Gasteiger partial charge < -0.3 is 14.5 Å². The first-order valence-corrected chi connectivity index (χ1v) is 10.1. The summed E-state index contributed by atoms with van der Waals surface area (Å²) in [6, 6.07) is 10.7. The molecule has 0 radical (unpaired) electrons. The van der Waals surface area contributed by atoms with Gasteiger partial charge in [-0.25, -0.2) is 0 Å². The molecule has 0 N–H and O–H groups in total. The van der Waals surface area contributed by atoms with Gasteiger partial charge in [0.05, 0.1) is 6.10 Å². The second-order valence-electron chi connectivity index (χ2n) is 8.63. The summed E-state index contributed by atoms with van der Waals surface area (Å²) in [6.45, 7) is 8.91. The van der Waals surface area contributed by atoms with Gasteiger partial charge in [0.25, 0.3) is 0 Å². The van der Waals surface area contributed by atoms with Crippen LogP contribution in [0.15, 0.2) is 30.3 Å². The summed E-state index contributed by atoms with van der Waals surface area (Å²) < 4.78 is 6.04. The van der Waals surface area contributed by atoms with E-state index in [4.69, 9.17) is 4.74 Å². The molecular weight excluding hydrogens is 324 g/mol. The van der Waals surface area contributed by atoms with Crippen LogP contribution >= 0.6 is 0 Å². The minimum atomic E-state index is 0.0228. The molecule has 1 aromatic rings. The first-order valence-electron chi connectivity index (χ1n) is 10.1. The van der Waals surface area contributed by atoms with Gasteiger partial charge in [-0.1, -0.05) is 44.2 Å². The molecule has 4 nitrogen and oxygen atoms in total. The number of ether oxygens (including phenoxy) is 1. The molecule has 0 aromatic heterocycles. The summed E-state index contributed by atoms with van der Waals surface area (Å²) in [4.78, 5) is 17.5. The van der Waals surface area contributed by atoms with Crippen molar-refractivity contribution < 1.29 is 9.53 Å². The molecule has 1 aromatic carbocycles. The number of amides is 1. The van der Waals surface area contributed by atoms with Crippen molar-refractivity contribution in [1.82, 2.24) is 9.80 Å². The summed E-state index contributed by atoms with van der Waals surface area (Å²) in [5.41, 5.74) is 1.36. The Morgan fingerprint density at radius 2 is 1.88 bits per heavy atom. The molecule has 1 amide bonds. The standard InChI is InChI=1S/C22H34N2O2/c1-18(2)20-16-22(9-14-26-20,15-19-7-5-4-6-8-19)17-21(25)24-12-10-23(3)11-13-24/h4-8,18,20H,9-17H2,1-3H3/t20-,22+/m0/s1. The number of piperazine rings is 1. The number of hydrogen-bond donors (Lipinski definition) is 0. The van der Waals surface area contributed by atoms with E-state index in [-0.39, 0.29) is 11.5 Å². The van der Waals surface area contributed by atoms with Crippen LogP contribution in [0.4, 0.5) is 0 Å². The Bertz CT molecular complexity index is 581. The summed E-state index contributed by atoms with van der Waals surface area (Å²) in [6.07, 6.45) is 3.84. The Hall–Kier alpha value is -1.39. The van der Waals surface area contributed by atoms with Crippen LogP contribution in [0.1, 0.15) is 38.7 Å². The van der Waals surface area contributed by atoms with Crippen LogP contribution in [-0.2, 0) is 16.0 Å². The van der Waals surface area contributed by atoms with E-state index in [9.17, 15) is 4.79 Å². The van der Waals surface area contributed by atoms with E-state index >= 15 is 0 Å². The highest BCUT2D eigenvalue weighted by Crippen LogP contribution is 2.42. The molecular formula is C22H34N2O2. The molecule has 2 aliphatic rings. The van der Waals surface area contributed by atoms with Gasteiger partial charge in [0.1, 0.15) is 0 Å². The second-order valence-corrected chi connectivity index (χ2v) is 8.63. The molecule has 2 heterocycles. The maximum atomic E-state index is 13.1. The number of likely N-dealkylation sites (N-methyl/N-ethyl adjacent to an activating group) is 1. The SMILES string of the molecule is CC(C)[C@@H]1C[C@](CC(=O)N2CCN(C)CC2)(Cc2ccccc2)CCO1. The molecule has 2 aliphatic heterocycles. The summed E-state index contributed by atoms with van der Waals surface area (Å²) in [5, 5.41) is 0. The lowest BCUT2D eigenvalue weighted by Gasteiger charge is -2.43. The Morgan fingerprint density at radius 1 is 1.19 bits per heavy atom. The highest BCUT2D eigenvalue weighted by atomic mass is 16.5. The number of carbonyl (C=O) groups is 1. The van der Waals surface area contributed by atoms with Crippen LogP contribution in [-0.4, -0.2) is 61.6 Å². The van der Waals surface area contributed by atoms with Crippen LogP contribution in [0.3, 0.4) is 0 Å². The summed E-state index contributed by atoms with van der Waals surface area (Å²) in [5.74, 6) is 0.822. The van der Waals surface area contributed by atoms with Crippen molar-refractivity contribution in [3.05, 3.63) is 35.9 Å². The van der Waals surface area contributed by atoms with Gasteiger partial charge in [-0.2, -0.15) is 0 Å². The van der Waals surface area contributed by atoms with E-state index in [0.29, 0.717) is 18.2 Å². The lowest BCUT2D eigenvalue weighted by Crippen LogP contribution is -2.49. The van der Waals surface area contributed by atoms with E-state index in [1.807, 2.05) is 0 Å². The molecule has 144 valence electrons. The average Bonchev–Trinajstić information content (AvgIpc) is 2.63. The first kappa shape index (κ1) is 19.4. The molecule has 0 unspecified atom stereocenters. The lowest BCUT2D eigenvalue weighted by molar-refractivity contribution is -0.139. The van der Waals surface area contributed by atoms with Gasteiger partial charge in [0, 0.05) is 39.2 Å². The van der Waals surface area contributed by atoms with Crippen LogP contribution < -0.4 is 0 Å². The number of nitrogens with zero attached hydrogens (tertiary/aromatic N) is 2. The molecule has 26 heavy (non-hydrogen) atoms. The molecule has 0 spiro atoms. The molecule has 0 aliphatic carbocycles. The minimum Gasteiger partial charge on any atom is -0.378 e. The molecule has 2 saturated heterocycles. The molecule has 4 heteroatoms. The van der Waals surface area contributed by atoms with Gasteiger partial charge in [-0.3, -0.25) is 4.79 Å². The normalized spacial score (nSPS) is 27.7. The van der Waals surface area contributed by atoms with E-state index in [1.54, 1.807) is 0 Å². The highest BCUT2D eigenvalue weighted by Gasteiger charge is 2.40. The first-order chi connectivity index (χ1) is 12.5. The van der Waals surface area contributed by atoms with Crippen molar-refractivity contribution in [1.29, 1.82) is 0 Å². The van der Waals surface area contributed by atoms with Crippen molar-refractivity contribution in [2.24, 2.45) is 11.3 Å². The molecule has 3 rings (SSSR count). The summed E-state index contributed by atoms with van der Waals surface area (Å²) in [7, 11) is 2.13. The zero-order valence-corrected chi connectivity index (χ0v) is 16.6. The zero-order chi connectivity index (χ0) is 18.6. The maximum absolute atomic E-state index is 13.1. The Morgan fingerprint density at radius 3 is 2.54 bits per heavy atom. The van der Waals surface area contributed by atoms with Crippen molar-refractivity contribution in [2.45, 2.75) is 45.6 Å². The molecule has 0 saturated carbocycles. The fourth-order valence-electron chi connectivity index (χ4n) is 4.34. The Labute approximate surface area is 158 Å². The number of hydrogen-bond acceptors (Lipinski definition) is 3. The van der Waals surface area contributed by atoms with Crippen molar-refractivity contribution in [3.63, 3.8) is 0 Å². The monoisotopic (exact) mass is 358 g/mol. The van der Waals surface area contributed by atoms with Crippen LogP contribution in [0.25, 0.3) is 0 Å². The molecule has 2 atom stereocenters. The third kappa shape index (κ3) is 4.86. The third-order valence-corrected chi connectivity index (χ3v) is 6.15. The topological polar surface area (TPSA) is 32.8 Å². The van der Waals surface area contributed by atoms with Crippen molar-refractivity contribution in [3.8, 4) is 0 Å². The van der Waals surface area contributed by atoms with Crippen molar-refractivity contribution in [2.75, 3.05) is 39.8 Å². The Balaban J connectivity index is 1.75. The predicted octanol–water partition coefficient (Wildman–Crippen LogP) is 3.21. The van der Waals surface area contributed by atoms with Crippen LogP contribution in [0.2, 0.25) is 0 Å². The van der Waals surface area contributed by atoms with Crippen LogP contribution in [0.5, 0.6) is 0 Å². The van der Waals surface area contributed by atoms with Crippen molar-refractivity contribution >= 4 is 5.91 Å². The predicted molar refractivity (Wildman–Crippen MR) is 105 cm³/mol. The average molecular weight is 359 g/mol.